The summed E-state index contributed by atoms with van der Waals surface area (Å²) in [4.78, 5) is 6.91. The van der Waals surface area contributed by atoms with E-state index in [2.05, 4.69) is 26.8 Å². The molecule has 1 saturated carbocycles. The van der Waals surface area contributed by atoms with Crippen LogP contribution in [0.2, 0.25) is 0 Å². The summed E-state index contributed by atoms with van der Waals surface area (Å²) in [6.45, 7) is 6.61. The molecule has 2 N–H and O–H groups in total. The Morgan fingerprint density at radius 1 is 1.42 bits per heavy atom. The Morgan fingerprint density at radius 3 is 2.81 bits per heavy atom. The molecule has 1 aromatic rings. The summed E-state index contributed by atoms with van der Waals surface area (Å²) in [5.41, 5.74) is 7.42. The fourth-order valence-electron chi connectivity index (χ4n) is 3.24. The summed E-state index contributed by atoms with van der Waals surface area (Å²) < 4.78 is 12.7. The van der Waals surface area contributed by atoms with Crippen molar-refractivity contribution in [3.05, 3.63) is 29.9 Å². The minimum absolute atomic E-state index is 0.0945. The lowest BCUT2D eigenvalue weighted by Crippen LogP contribution is -2.44. The molecule has 0 spiro atoms. The van der Waals surface area contributed by atoms with Crippen LogP contribution in [0, 0.1) is 0 Å². The molecular formula is C18H30N6O2. The lowest BCUT2D eigenvalue weighted by molar-refractivity contribution is 0.0495. The van der Waals surface area contributed by atoms with Gasteiger partial charge in [0.1, 0.15) is 5.82 Å². The third kappa shape index (κ3) is 4.25. The van der Waals surface area contributed by atoms with Crippen molar-refractivity contribution in [3.8, 4) is 0 Å². The van der Waals surface area contributed by atoms with Crippen LogP contribution < -0.4 is 10.9 Å². The van der Waals surface area contributed by atoms with Crippen molar-refractivity contribution in [1.82, 2.24) is 25.5 Å². The largest absolute Gasteiger partial charge is 0.384 e. The molecular weight excluding hydrogens is 332 g/mol. The molecule has 0 amide bonds. The number of methoxy groups -OCH3 is 1. The average Bonchev–Trinajstić information content (AvgIpc) is 3.27. The van der Waals surface area contributed by atoms with E-state index in [1.807, 2.05) is 30.9 Å². The van der Waals surface area contributed by atoms with Gasteiger partial charge in [-0.25, -0.2) is 10.1 Å². The summed E-state index contributed by atoms with van der Waals surface area (Å²) in [7, 11) is 3.61. The first-order valence-electron chi connectivity index (χ1n) is 9.29. The van der Waals surface area contributed by atoms with E-state index in [0.29, 0.717) is 6.54 Å². The standard InChI is InChI=1S/C18H30N6O2/c1-4-20-16(13-17(21-19-2)23-9-11-26-12-10-23)24-8-5-15(22-24)18(6-7-18)14-25-3/h5,8,13,19,21H,4,6-7,9-12,14H2,1-3H3/b17-13+,20-16?. The predicted molar refractivity (Wildman–Crippen MR) is 101 cm³/mol. The van der Waals surface area contributed by atoms with Gasteiger partial charge in [-0.2, -0.15) is 5.10 Å². The van der Waals surface area contributed by atoms with Gasteiger partial charge in [-0.3, -0.25) is 4.99 Å². The Morgan fingerprint density at radius 2 is 2.19 bits per heavy atom. The molecule has 3 rings (SSSR count). The van der Waals surface area contributed by atoms with Gasteiger partial charge in [0.15, 0.2) is 5.84 Å². The van der Waals surface area contributed by atoms with Gasteiger partial charge in [-0.15, -0.1) is 0 Å². The van der Waals surface area contributed by atoms with Crippen molar-refractivity contribution in [2.45, 2.75) is 25.2 Å². The number of hydrogen-bond acceptors (Lipinski definition) is 7. The van der Waals surface area contributed by atoms with Crippen molar-refractivity contribution in [2.75, 3.05) is 53.6 Å². The molecule has 0 atom stereocenters. The average molecular weight is 362 g/mol. The number of allylic oxidation sites excluding steroid dienone is 1. The minimum Gasteiger partial charge on any atom is -0.384 e. The molecule has 8 nitrogen and oxygen atoms in total. The second-order valence-corrected chi connectivity index (χ2v) is 6.70. The Kier molecular flexibility index (Phi) is 6.29. The van der Waals surface area contributed by atoms with Gasteiger partial charge >= 0.3 is 0 Å². The fourth-order valence-corrected chi connectivity index (χ4v) is 3.24. The van der Waals surface area contributed by atoms with Crippen molar-refractivity contribution in [2.24, 2.45) is 4.99 Å². The lowest BCUT2D eigenvalue weighted by Gasteiger charge is -2.31. The second kappa shape index (κ2) is 8.66. The summed E-state index contributed by atoms with van der Waals surface area (Å²) in [6.07, 6.45) is 6.30. The molecule has 0 aromatic carbocycles. The molecule has 0 radical (unpaired) electrons. The maximum Gasteiger partial charge on any atom is 0.152 e. The Balaban J connectivity index is 1.84. The summed E-state index contributed by atoms with van der Waals surface area (Å²) in [6, 6.07) is 2.09. The molecule has 1 saturated heterocycles. The first kappa shape index (κ1) is 18.9. The number of nitrogens with one attached hydrogen (secondary N) is 2. The van der Waals surface area contributed by atoms with Crippen molar-refractivity contribution >= 4 is 5.84 Å². The van der Waals surface area contributed by atoms with Crippen LogP contribution in [0.1, 0.15) is 25.5 Å². The van der Waals surface area contributed by atoms with Crippen LogP contribution in [-0.4, -0.2) is 74.1 Å². The highest BCUT2D eigenvalue weighted by Crippen LogP contribution is 2.47. The van der Waals surface area contributed by atoms with Crippen LogP contribution in [-0.2, 0) is 14.9 Å². The fraction of sp³-hybridized carbons (Fsp3) is 0.667. The Labute approximate surface area is 155 Å². The molecule has 26 heavy (non-hydrogen) atoms. The number of morpholine rings is 1. The van der Waals surface area contributed by atoms with E-state index in [1.54, 1.807) is 7.11 Å². The zero-order valence-corrected chi connectivity index (χ0v) is 16.0. The van der Waals surface area contributed by atoms with Gasteiger partial charge in [-0.1, -0.05) is 0 Å². The number of aliphatic imine (C=N–C) groups is 1. The molecule has 2 heterocycles. The van der Waals surface area contributed by atoms with Gasteiger partial charge in [0.05, 0.1) is 25.5 Å². The summed E-state index contributed by atoms with van der Waals surface area (Å²) in [5.74, 6) is 1.79. The highest BCUT2D eigenvalue weighted by atomic mass is 16.5. The molecule has 2 aliphatic rings. The number of hydrogen-bond donors (Lipinski definition) is 2. The third-order valence-corrected chi connectivity index (χ3v) is 4.83. The zero-order chi connectivity index (χ0) is 18.4. The monoisotopic (exact) mass is 362 g/mol. The highest BCUT2D eigenvalue weighted by Gasteiger charge is 2.46. The van der Waals surface area contributed by atoms with Crippen LogP contribution in [0.5, 0.6) is 0 Å². The number of rotatable bonds is 8. The van der Waals surface area contributed by atoms with Crippen LogP contribution in [0.4, 0.5) is 0 Å². The van der Waals surface area contributed by atoms with E-state index in [0.717, 1.165) is 63.1 Å². The second-order valence-electron chi connectivity index (χ2n) is 6.70. The Bertz CT molecular complexity index is 644. The molecule has 0 bridgehead atoms. The molecule has 0 unspecified atom stereocenters. The number of hydrazine groups is 1. The first-order valence-corrected chi connectivity index (χ1v) is 9.29. The number of aromatic nitrogens is 2. The molecule has 1 aliphatic carbocycles. The molecule has 144 valence electrons. The number of ether oxygens (including phenoxy) is 2. The van der Waals surface area contributed by atoms with E-state index in [-0.39, 0.29) is 5.41 Å². The number of nitrogens with zero attached hydrogens (tertiary/aromatic N) is 4. The van der Waals surface area contributed by atoms with Crippen LogP contribution in [0.15, 0.2) is 29.2 Å². The van der Waals surface area contributed by atoms with Gasteiger partial charge in [0.2, 0.25) is 0 Å². The van der Waals surface area contributed by atoms with E-state index >= 15 is 0 Å². The van der Waals surface area contributed by atoms with Crippen LogP contribution in [0.3, 0.4) is 0 Å². The van der Waals surface area contributed by atoms with Gasteiger partial charge in [-0.05, 0) is 25.8 Å². The predicted octanol–water partition coefficient (Wildman–Crippen LogP) is 0.725. The normalized spacial score (nSPS) is 20.3. The molecule has 1 aliphatic heterocycles. The van der Waals surface area contributed by atoms with Gasteiger partial charge in [0.25, 0.3) is 0 Å². The van der Waals surface area contributed by atoms with Crippen LogP contribution >= 0.6 is 0 Å². The Hall–Kier alpha value is -1.90. The minimum atomic E-state index is 0.0945. The van der Waals surface area contributed by atoms with Crippen molar-refractivity contribution in [1.29, 1.82) is 0 Å². The van der Waals surface area contributed by atoms with E-state index < -0.39 is 0 Å². The maximum atomic E-state index is 5.46. The van der Waals surface area contributed by atoms with Crippen molar-refractivity contribution in [3.63, 3.8) is 0 Å². The lowest BCUT2D eigenvalue weighted by atomic mass is 10.1. The summed E-state index contributed by atoms with van der Waals surface area (Å²) >= 11 is 0. The van der Waals surface area contributed by atoms with Gasteiger partial charge < -0.3 is 19.8 Å². The van der Waals surface area contributed by atoms with Crippen molar-refractivity contribution < 1.29 is 9.47 Å². The molecule has 8 heteroatoms. The molecule has 1 aromatic heterocycles. The summed E-state index contributed by atoms with van der Waals surface area (Å²) in [5, 5.41) is 4.81. The van der Waals surface area contributed by atoms with E-state index in [4.69, 9.17) is 14.6 Å². The zero-order valence-electron chi connectivity index (χ0n) is 16.0. The maximum absolute atomic E-state index is 5.46. The quantitative estimate of drug-likeness (QED) is 0.403. The van der Waals surface area contributed by atoms with E-state index in [9.17, 15) is 0 Å². The molecule has 2 fully saturated rings. The highest BCUT2D eigenvalue weighted by molar-refractivity contribution is 5.94. The van der Waals surface area contributed by atoms with Crippen LogP contribution in [0.25, 0.3) is 0 Å². The SMILES string of the molecule is CCN=C(/C=C(\NNC)N1CCOCC1)n1ccc(C2(COC)CC2)n1. The third-order valence-electron chi connectivity index (χ3n) is 4.83. The van der Waals surface area contributed by atoms with E-state index in [1.165, 1.54) is 0 Å². The smallest absolute Gasteiger partial charge is 0.152 e. The topological polar surface area (TPSA) is 75.9 Å². The first-order chi connectivity index (χ1) is 12.7. The van der Waals surface area contributed by atoms with Gasteiger partial charge in [0, 0.05) is 51.5 Å².